The Hall–Kier alpha value is -2.04. The lowest BCUT2D eigenvalue weighted by molar-refractivity contribution is -0.136. The van der Waals surface area contributed by atoms with Gasteiger partial charge < -0.3 is 15.0 Å². The maximum Gasteiger partial charge on any atom is 0.265 e. The first-order chi connectivity index (χ1) is 11.0. The molecule has 3 rings (SSSR count). The highest BCUT2D eigenvalue weighted by Gasteiger charge is 2.29. The van der Waals surface area contributed by atoms with Crippen LogP contribution in [0.3, 0.4) is 0 Å². The van der Waals surface area contributed by atoms with Crippen molar-refractivity contribution in [2.75, 3.05) is 5.32 Å². The lowest BCUT2D eigenvalue weighted by atomic mass is 9.96. The Balaban J connectivity index is 1.74. The van der Waals surface area contributed by atoms with Crippen LogP contribution in [0.25, 0.3) is 0 Å². The van der Waals surface area contributed by atoms with Crippen LogP contribution in [0.2, 0.25) is 0 Å². The summed E-state index contributed by atoms with van der Waals surface area (Å²) in [7, 11) is 0. The average Bonchev–Trinajstić information content (AvgIpc) is 2.48. The molecule has 0 aliphatic carbocycles. The highest BCUT2D eigenvalue weighted by molar-refractivity contribution is 5.97. The van der Waals surface area contributed by atoms with Gasteiger partial charge in [0.1, 0.15) is 5.75 Å². The Kier molecular flexibility index (Phi) is 4.28. The predicted octanol–water partition coefficient (Wildman–Crippen LogP) is 2.74. The van der Waals surface area contributed by atoms with Crippen LogP contribution in [0, 0.1) is 0 Å². The number of carbonyl (C=O) groups excluding carboxylic acids is 2. The molecule has 124 valence electrons. The molecule has 1 N–H and O–H groups in total. The second kappa shape index (κ2) is 6.22. The van der Waals surface area contributed by atoms with Gasteiger partial charge in [-0.25, -0.2) is 0 Å². The fourth-order valence-electron chi connectivity index (χ4n) is 3.54. The molecule has 0 spiro atoms. The van der Waals surface area contributed by atoms with Gasteiger partial charge >= 0.3 is 0 Å². The second-order valence-corrected chi connectivity index (χ2v) is 6.69. The van der Waals surface area contributed by atoms with Crippen molar-refractivity contribution in [1.82, 2.24) is 4.90 Å². The molecule has 0 aromatic heterocycles. The molecule has 0 saturated carbocycles. The van der Waals surface area contributed by atoms with Crippen molar-refractivity contribution in [3.05, 3.63) is 23.8 Å². The molecule has 1 aromatic rings. The molecule has 1 fully saturated rings. The number of nitrogens with one attached hydrogen (secondary N) is 1. The summed E-state index contributed by atoms with van der Waals surface area (Å²) >= 11 is 0. The monoisotopic (exact) mass is 316 g/mol. The van der Waals surface area contributed by atoms with E-state index in [1.165, 1.54) is 6.42 Å². The fraction of sp³-hybridized carbons (Fsp3) is 0.556. The normalized spacial score (nSPS) is 27.0. The van der Waals surface area contributed by atoms with Crippen molar-refractivity contribution in [1.29, 1.82) is 0 Å². The summed E-state index contributed by atoms with van der Waals surface area (Å²) in [5, 5.41) is 2.83. The molecule has 3 atom stereocenters. The first-order valence-corrected chi connectivity index (χ1v) is 8.37. The number of piperidine rings is 1. The third kappa shape index (κ3) is 3.19. The van der Waals surface area contributed by atoms with Gasteiger partial charge in [-0.05, 0) is 57.7 Å². The molecule has 2 aliphatic heterocycles. The largest absolute Gasteiger partial charge is 0.479 e. The molecular weight excluding hydrogens is 292 g/mol. The van der Waals surface area contributed by atoms with Crippen molar-refractivity contribution in [3.8, 4) is 5.75 Å². The van der Waals surface area contributed by atoms with E-state index in [1.807, 2.05) is 23.1 Å². The summed E-state index contributed by atoms with van der Waals surface area (Å²) in [5.74, 6) is 0.660. The van der Waals surface area contributed by atoms with Crippen LogP contribution in [-0.2, 0) is 16.0 Å². The number of carbonyl (C=O) groups is 2. The zero-order valence-corrected chi connectivity index (χ0v) is 14.0. The first kappa shape index (κ1) is 15.8. The Labute approximate surface area is 137 Å². The number of benzene rings is 1. The predicted molar refractivity (Wildman–Crippen MR) is 88.5 cm³/mol. The SMILES string of the molecule is CC1Oc2ccc(CC(=O)N3C(C)CCCC3C)cc2NC1=O. The number of fused-ring (bicyclic) bond motifs is 1. The molecular formula is C18H24N2O3. The quantitative estimate of drug-likeness (QED) is 0.912. The Morgan fingerprint density at radius 2 is 1.96 bits per heavy atom. The van der Waals surface area contributed by atoms with Crippen LogP contribution >= 0.6 is 0 Å². The number of hydrogen-bond acceptors (Lipinski definition) is 3. The van der Waals surface area contributed by atoms with E-state index in [0.717, 1.165) is 18.4 Å². The van der Waals surface area contributed by atoms with Gasteiger partial charge in [-0.2, -0.15) is 0 Å². The van der Waals surface area contributed by atoms with Crippen LogP contribution in [0.15, 0.2) is 18.2 Å². The third-order valence-corrected chi connectivity index (χ3v) is 4.81. The van der Waals surface area contributed by atoms with E-state index in [0.29, 0.717) is 29.9 Å². The number of likely N-dealkylation sites (tertiary alicyclic amines) is 1. The van der Waals surface area contributed by atoms with E-state index in [-0.39, 0.29) is 11.8 Å². The second-order valence-electron chi connectivity index (χ2n) is 6.69. The van der Waals surface area contributed by atoms with Gasteiger partial charge in [-0.1, -0.05) is 6.07 Å². The van der Waals surface area contributed by atoms with Crippen molar-refractivity contribution >= 4 is 17.5 Å². The van der Waals surface area contributed by atoms with E-state index in [1.54, 1.807) is 6.92 Å². The molecule has 5 heteroatoms. The average molecular weight is 316 g/mol. The first-order valence-electron chi connectivity index (χ1n) is 8.37. The van der Waals surface area contributed by atoms with E-state index in [9.17, 15) is 9.59 Å². The standard InChI is InChI=1S/C18H24N2O3/c1-11-5-4-6-12(2)20(11)17(21)10-14-7-8-16-15(9-14)19-18(22)13(3)23-16/h7-9,11-13H,4-6,10H2,1-3H3,(H,19,22). The minimum atomic E-state index is -0.481. The zero-order valence-electron chi connectivity index (χ0n) is 14.0. The molecule has 23 heavy (non-hydrogen) atoms. The third-order valence-electron chi connectivity index (χ3n) is 4.81. The van der Waals surface area contributed by atoms with Crippen molar-refractivity contribution < 1.29 is 14.3 Å². The Morgan fingerprint density at radius 3 is 2.65 bits per heavy atom. The number of hydrogen-bond donors (Lipinski definition) is 1. The van der Waals surface area contributed by atoms with Crippen LogP contribution < -0.4 is 10.1 Å². The summed E-state index contributed by atoms with van der Waals surface area (Å²) in [6.07, 6.45) is 3.20. The highest BCUT2D eigenvalue weighted by atomic mass is 16.5. The smallest absolute Gasteiger partial charge is 0.265 e. The van der Waals surface area contributed by atoms with Crippen LogP contribution in [0.5, 0.6) is 5.75 Å². The molecule has 1 aromatic carbocycles. The Bertz CT molecular complexity index is 619. The van der Waals surface area contributed by atoms with Gasteiger partial charge in [0.2, 0.25) is 5.91 Å². The minimum Gasteiger partial charge on any atom is -0.479 e. The number of ether oxygens (including phenoxy) is 1. The van der Waals surface area contributed by atoms with Gasteiger partial charge in [0, 0.05) is 12.1 Å². The maximum atomic E-state index is 12.7. The van der Waals surface area contributed by atoms with Gasteiger partial charge in [-0.15, -0.1) is 0 Å². The fourth-order valence-corrected chi connectivity index (χ4v) is 3.54. The molecule has 2 aliphatic rings. The summed E-state index contributed by atoms with van der Waals surface area (Å²) in [6.45, 7) is 5.96. The van der Waals surface area contributed by atoms with Crippen molar-refractivity contribution in [2.45, 2.75) is 64.6 Å². The Morgan fingerprint density at radius 1 is 1.26 bits per heavy atom. The highest BCUT2D eigenvalue weighted by Crippen LogP contribution is 2.31. The lowest BCUT2D eigenvalue weighted by Gasteiger charge is -2.39. The molecule has 2 heterocycles. The van der Waals surface area contributed by atoms with E-state index in [4.69, 9.17) is 4.74 Å². The van der Waals surface area contributed by atoms with Crippen molar-refractivity contribution in [2.24, 2.45) is 0 Å². The van der Waals surface area contributed by atoms with Gasteiger partial charge in [-0.3, -0.25) is 9.59 Å². The van der Waals surface area contributed by atoms with E-state index in [2.05, 4.69) is 19.2 Å². The van der Waals surface area contributed by atoms with E-state index >= 15 is 0 Å². The topological polar surface area (TPSA) is 58.6 Å². The number of nitrogens with zero attached hydrogens (tertiary/aromatic N) is 1. The van der Waals surface area contributed by atoms with Crippen LogP contribution in [0.4, 0.5) is 5.69 Å². The van der Waals surface area contributed by atoms with Gasteiger partial charge in [0.05, 0.1) is 12.1 Å². The summed E-state index contributed by atoms with van der Waals surface area (Å²) in [6, 6.07) is 6.17. The van der Waals surface area contributed by atoms with Crippen LogP contribution in [-0.4, -0.2) is 34.9 Å². The number of anilines is 1. The molecule has 2 amide bonds. The lowest BCUT2D eigenvalue weighted by Crippen LogP contribution is -2.48. The van der Waals surface area contributed by atoms with Gasteiger partial charge in [0.15, 0.2) is 6.10 Å². The number of amides is 2. The summed E-state index contributed by atoms with van der Waals surface area (Å²) in [5.41, 5.74) is 1.55. The number of rotatable bonds is 2. The minimum absolute atomic E-state index is 0.153. The molecule has 0 bridgehead atoms. The van der Waals surface area contributed by atoms with Crippen LogP contribution in [0.1, 0.15) is 45.6 Å². The summed E-state index contributed by atoms with van der Waals surface area (Å²) < 4.78 is 5.55. The van der Waals surface area contributed by atoms with E-state index < -0.39 is 6.10 Å². The maximum absolute atomic E-state index is 12.7. The van der Waals surface area contributed by atoms with Gasteiger partial charge in [0.25, 0.3) is 5.91 Å². The van der Waals surface area contributed by atoms with Crippen molar-refractivity contribution in [3.63, 3.8) is 0 Å². The molecule has 0 radical (unpaired) electrons. The molecule has 5 nitrogen and oxygen atoms in total. The zero-order chi connectivity index (χ0) is 16.6. The summed E-state index contributed by atoms with van der Waals surface area (Å²) in [4.78, 5) is 26.4. The molecule has 3 unspecified atom stereocenters. The molecule has 1 saturated heterocycles.